The number of rotatable bonds is 5. The van der Waals surface area contributed by atoms with Crippen molar-refractivity contribution in [3.8, 4) is 5.69 Å². The molecule has 0 unspecified atom stereocenters. The zero-order valence-corrected chi connectivity index (χ0v) is 23.1. The lowest BCUT2D eigenvalue weighted by atomic mass is 9.90. The van der Waals surface area contributed by atoms with E-state index in [-0.39, 0.29) is 40.8 Å². The van der Waals surface area contributed by atoms with Crippen molar-refractivity contribution < 1.29 is 9.18 Å². The second-order valence-electron chi connectivity index (χ2n) is 10.6. The fourth-order valence-electron chi connectivity index (χ4n) is 6.00. The van der Waals surface area contributed by atoms with Gasteiger partial charge in [0.25, 0.3) is 11.5 Å². The van der Waals surface area contributed by atoms with Gasteiger partial charge in [0.1, 0.15) is 11.5 Å². The lowest BCUT2D eigenvalue weighted by Gasteiger charge is -2.31. The molecule has 4 aromatic rings. The predicted octanol–water partition coefficient (Wildman–Crippen LogP) is 4.17. The van der Waals surface area contributed by atoms with E-state index in [1.165, 1.54) is 10.6 Å². The van der Waals surface area contributed by atoms with Crippen molar-refractivity contribution in [3.63, 3.8) is 0 Å². The van der Waals surface area contributed by atoms with Gasteiger partial charge in [0.2, 0.25) is 0 Å². The number of thioether (sulfide) groups is 1. The first-order chi connectivity index (χ1) is 19.4. The molecule has 0 spiro atoms. The minimum Gasteiger partial charge on any atom is -0.349 e. The summed E-state index contributed by atoms with van der Waals surface area (Å²) in [5.74, 6) is 1.06. The summed E-state index contributed by atoms with van der Waals surface area (Å²) in [5, 5.41) is 7.65. The summed E-state index contributed by atoms with van der Waals surface area (Å²) < 4.78 is 18.8. The van der Waals surface area contributed by atoms with Crippen molar-refractivity contribution >= 4 is 28.7 Å². The normalized spacial score (nSPS) is 20.1. The van der Waals surface area contributed by atoms with Gasteiger partial charge < -0.3 is 5.32 Å². The Bertz CT molecular complexity index is 1670. The van der Waals surface area contributed by atoms with E-state index < -0.39 is 11.4 Å². The number of nitrogens with zero attached hydrogens (tertiary/aromatic N) is 5. The van der Waals surface area contributed by atoms with Crippen LogP contribution in [0.15, 0.2) is 58.4 Å². The van der Waals surface area contributed by atoms with E-state index in [0.717, 1.165) is 41.9 Å². The van der Waals surface area contributed by atoms with Crippen LogP contribution in [0.3, 0.4) is 0 Å². The molecule has 4 heterocycles. The number of halogens is 1. The molecule has 9 nitrogen and oxygen atoms in total. The minimum atomic E-state index is -0.599. The molecule has 11 heteroatoms. The number of para-hydroxylation sites is 1. The van der Waals surface area contributed by atoms with Crippen LogP contribution in [-0.2, 0) is 0 Å². The van der Waals surface area contributed by atoms with Gasteiger partial charge in [-0.3, -0.25) is 18.7 Å². The number of nitrogens with one attached hydrogen (secondary N) is 1. The SMILES string of the molecule is Cc1c(C(=O)N[C@H]2CC[C@@H](n3c(=O)c4cc(F)cnc4n(C4CCSCC4)c3=O)CC2)cnn1-c1ccccc1. The number of carbonyl (C=O) groups is 1. The van der Waals surface area contributed by atoms with Gasteiger partial charge in [-0.05, 0) is 75.2 Å². The maximum atomic E-state index is 14.2. The molecule has 1 saturated carbocycles. The van der Waals surface area contributed by atoms with Crippen LogP contribution < -0.4 is 16.6 Å². The van der Waals surface area contributed by atoms with Crippen LogP contribution in [-0.4, -0.2) is 47.4 Å². The van der Waals surface area contributed by atoms with Crippen molar-refractivity contribution in [3.05, 3.63) is 86.7 Å². The average molecular weight is 563 g/mol. The second-order valence-corrected chi connectivity index (χ2v) is 11.8. The highest BCUT2D eigenvalue weighted by Gasteiger charge is 2.30. The topological polar surface area (TPSA) is 104 Å². The first-order valence-corrected chi connectivity index (χ1v) is 14.9. The average Bonchev–Trinajstić information content (AvgIpc) is 3.37. The predicted molar refractivity (Wildman–Crippen MR) is 153 cm³/mol. The molecule has 0 radical (unpaired) electrons. The van der Waals surface area contributed by atoms with E-state index in [1.807, 2.05) is 49.0 Å². The quantitative estimate of drug-likeness (QED) is 0.392. The summed E-state index contributed by atoms with van der Waals surface area (Å²) in [7, 11) is 0. The van der Waals surface area contributed by atoms with E-state index in [2.05, 4.69) is 15.4 Å². The number of fused-ring (bicyclic) bond motifs is 1. The number of benzene rings is 1. The van der Waals surface area contributed by atoms with Crippen molar-refractivity contribution in [2.24, 2.45) is 0 Å². The Kier molecular flexibility index (Phi) is 7.31. The van der Waals surface area contributed by atoms with Gasteiger partial charge in [0, 0.05) is 18.1 Å². The molecule has 3 aromatic heterocycles. The number of pyridine rings is 1. The standard InChI is InChI=1S/C29H31FN6O3S/c1-18-25(17-32-36(18)23-5-3-2-4-6-23)27(37)33-20-7-9-21(10-8-20)35-28(38)24-15-19(30)16-31-26(24)34(29(35)39)22-11-13-40-14-12-22/h2-6,15-17,20-22H,7-14H2,1H3,(H,33,37)/t20-,21+. The number of amides is 1. The first-order valence-electron chi connectivity index (χ1n) is 13.7. The van der Waals surface area contributed by atoms with E-state index in [9.17, 15) is 18.8 Å². The molecular formula is C29H31FN6O3S. The van der Waals surface area contributed by atoms with E-state index in [1.54, 1.807) is 15.4 Å². The molecule has 1 aliphatic carbocycles. The van der Waals surface area contributed by atoms with Crippen molar-refractivity contribution in [1.29, 1.82) is 0 Å². The summed E-state index contributed by atoms with van der Waals surface area (Å²) in [4.78, 5) is 44.6. The summed E-state index contributed by atoms with van der Waals surface area (Å²) in [5.41, 5.74) is 1.54. The maximum absolute atomic E-state index is 14.2. The zero-order valence-electron chi connectivity index (χ0n) is 22.3. The highest BCUT2D eigenvalue weighted by molar-refractivity contribution is 7.99. The maximum Gasteiger partial charge on any atom is 0.333 e. The second kappa shape index (κ2) is 11.0. The molecule has 208 valence electrons. The molecule has 40 heavy (non-hydrogen) atoms. The van der Waals surface area contributed by atoms with E-state index in [4.69, 9.17) is 0 Å². The third kappa shape index (κ3) is 4.87. The highest BCUT2D eigenvalue weighted by Crippen LogP contribution is 2.30. The number of hydrogen-bond donors (Lipinski definition) is 1. The van der Waals surface area contributed by atoms with Crippen molar-refractivity contribution in [1.82, 2.24) is 29.2 Å². The third-order valence-electron chi connectivity index (χ3n) is 8.13. The molecular weight excluding hydrogens is 531 g/mol. The van der Waals surface area contributed by atoms with Gasteiger partial charge in [-0.25, -0.2) is 18.9 Å². The minimum absolute atomic E-state index is 0.0725. The number of hydrogen-bond acceptors (Lipinski definition) is 6. The van der Waals surface area contributed by atoms with Gasteiger partial charge in [-0.15, -0.1) is 0 Å². The van der Waals surface area contributed by atoms with Gasteiger partial charge in [0.15, 0.2) is 0 Å². The molecule has 1 aliphatic heterocycles. The van der Waals surface area contributed by atoms with E-state index >= 15 is 0 Å². The molecule has 0 atom stereocenters. The van der Waals surface area contributed by atoms with Crippen LogP contribution in [0.4, 0.5) is 4.39 Å². The van der Waals surface area contributed by atoms with Gasteiger partial charge in [0.05, 0.1) is 34.7 Å². The fourth-order valence-corrected chi connectivity index (χ4v) is 7.08. The number of carbonyl (C=O) groups excluding carboxylic acids is 1. The van der Waals surface area contributed by atoms with Gasteiger partial charge in [-0.1, -0.05) is 18.2 Å². The lowest BCUT2D eigenvalue weighted by molar-refractivity contribution is 0.0921. The molecule has 2 aliphatic rings. The smallest absolute Gasteiger partial charge is 0.333 e. The van der Waals surface area contributed by atoms with E-state index in [0.29, 0.717) is 31.2 Å². The van der Waals surface area contributed by atoms with Crippen LogP contribution in [0.25, 0.3) is 16.7 Å². The van der Waals surface area contributed by atoms with Gasteiger partial charge in [-0.2, -0.15) is 16.9 Å². The lowest BCUT2D eigenvalue weighted by Crippen LogP contribution is -2.46. The summed E-state index contributed by atoms with van der Waals surface area (Å²) in [6.07, 6.45) is 6.59. The van der Waals surface area contributed by atoms with Gasteiger partial charge >= 0.3 is 5.69 Å². The molecule has 1 saturated heterocycles. The monoisotopic (exact) mass is 562 g/mol. The van der Waals surface area contributed by atoms with Crippen LogP contribution in [0.2, 0.25) is 0 Å². The van der Waals surface area contributed by atoms with Crippen LogP contribution in [0, 0.1) is 12.7 Å². The van der Waals surface area contributed by atoms with Crippen LogP contribution >= 0.6 is 11.8 Å². The Labute approximate surface area is 234 Å². The largest absolute Gasteiger partial charge is 0.349 e. The Morgan fingerprint density at radius 3 is 2.40 bits per heavy atom. The first kappa shape index (κ1) is 26.5. The van der Waals surface area contributed by atoms with Crippen molar-refractivity contribution in [2.45, 2.75) is 63.6 Å². The van der Waals surface area contributed by atoms with Crippen LogP contribution in [0.1, 0.15) is 66.7 Å². The Balaban J connectivity index is 1.22. The fraction of sp³-hybridized carbons (Fsp3) is 0.414. The summed E-state index contributed by atoms with van der Waals surface area (Å²) >= 11 is 1.84. The third-order valence-corrected chi connectivity index (χ3v) is 9.18. The summed E-state index contributed by atoms with van der Waals surface area (Å²) in [6, 6.07) is 10.3. The Hall–Kier alpha value is -3.73. The zero-order chi connectivity index (χ0) is 27.8. The molecule has 1 aromatic carbocycles. The van der Waals surface area contributed by atoms with Crippen molar-refractivity contribution in [2.75, 3.05) is 11.5 Å². The van der Waals surface area contributed by atoms with Crippen LogP contribution in [0.5, 0.6) is 0 Å². The Morgan fingerprint density at radius 1 is 0.975 bits per heavy atom. The molecule has 0 bridgehead atoms. The molecule has 2 fully saturated rings. The Morgan fingerprint density at radius 2 is 1.68 bits per heavy atom. The summed E-state index contributed by atoms with van der Waals surface area (Å²) in [6.45, 7) is 1.87. The molecule has 1 N–H and O–H groups in total. The molecule has 6 rings (SSSR count). The highest BCUT2D eigenvalue weighted by atomic mass is 32.2. The molecule has 1 amide bonds. The number of aromatic nitrogens is 5.